The average molecular weight is 203 g/mol. The highest BCUT2D eigenvalue weighted by atomic mass is 16.5. The van der Waals surface area contributed by atoms with Gasteiger partial charge in [0.25, 0.3) is 0 Å². The van der Waals surface area contributed by atoms with Crippen molar-refractivity contribution in [2.45, 2.75) is 26.2 Å². The number of ether oxygens (including phenoxy) is 1. The zero-order valence-corrected chi connectivity index (χ0v) is 8.41. The lowest BCUT2D eigenvalue weighted by molar-refractivity contribution is -0.136. The molecule has 2 N–H and O–H groups in total. The maximum Gasteiger partial charge on any atom is 0.305 e. The molecule has 1 amide bonds. The van der Waals surface area contributed by atoms with E-state index >= 15 is 0 Å². The van der Waals surface area contributed by atoms with Crippen molar-refractivity contribution in [3.63, 3.8) is 0 Å². The molecule has 82 valence electrons. The van der Waals surface area contributed by atoms with Gasteiger partial charge in [0.05, 0.1) is 6.42 Å². The Morgan fingerprint density at radius 2 is 2.07 bits per heavy atom. The van der Waals surface area contributed by atoms with Gasteiger partial charge in [0.2, 0.25) is 5.91 Å². The third-order valence-electron chi connectivity index (χ3n) is 1.56. The van der Waals surface area contributed by atoms with Crippen LogP contribution >= 0.6 is 0 Å². The second kappa shape index (κ2) is 8.50. The predicted molar refractivity (Wildman–Crippen MR) is 51.0 cm³/mol. The van der Waals surface area contributed by atoms with Gasteiger partial charge in [-0.05, 0) is 13.3 Å². The van der Waals surface area contributed by atoms with Crippen LogP contribution in [0.25, 0.3) is 0 Å². The summed E-state index contributed by atoms with van der Waals surface area (Å²) >= 11 is 0. The molecule has 0 spiro atoms. The van der Waals surface area contributed by atoms with Gasteiger partial charge in [-0.15, -0.1) is 0 Å². The largest absolute Gasteiger partial charge is 0.481 e. The summed E-state index contributed by atoms with van der Waals surface area (Å²) in [4.78, 5) is 21.1. The van der Waals surface area contributed by atoms with Crippen LogP contribution in [0.4, 0.5) is 0 Å². The van der Waals surface area contributed by atoms with E-state index in [2.05, 4.69) is 5.32 Å². The summed E-state index contributed by atoms with van der Waals surface area (Å²) < 4.78 is 5.05. The number of amides is 1. The molecule has 0 aliphatic rings. The molecule has 0 fully saturated rings. The standard InChI is InChI=1S/C9H17NO4/c1-2-14-7-3-4-8(11)10-6-5-9(12)13/h2-7H2,1H3,(H,10,11)(H,12,13). The molecular formula is C9H17NO4. The normalized spacial score (nSPS) is 9.79. The number of carboxylic acids is 1. The lowest BCUT2D eigenvalue weighted by Gasteiger charge is -2.03. The third kappa shape index (κ3) is 8.99. The first-order valence-corrected chi connectivity index (χ1v) is 4.73. The van der Waals surface area contributed by atoms with E-state index in [0.717, 1.165) is 0 Å². The van der Waals surface area contributed by atoms with E-state index in [1.807, 2.05) is 6.92 Å². The number of carbonyl (C=O) groups excluding carboxylic acids is 1. The van der Waals surface area contributed by atoms with Crippen LogP contribution in [0.3, 0.4) is 0 Å². The van der Waals surface area contributed by atoms with Gasteiger partial charge in [-0.25, -0.2) is 0 Å². The maximum absolute atomic E-state index is 11.0. The Kier molecular flexibility index (Phi) is 7.83. The van der Waals surface area contributed by atoms with Crippen LogP contribution in [-0.2, 0) is 14.3 Å². The van der Waals surface area contributed by atoms with Gasteiger partial charge in [-0.2, -0.15) is 0 Å². The van der Waals surface area contributed by atoms with Crippen molar-refractivity contribution >= 4 is 11.9 Å². The molecule has 0 aromatic heterocycles. The van der Waals surface area contributed by atoms with E-state index in [-0.39, 0.29) is 18.9 Å². The average Bonchev–Trinajstić information content (AvgIpc) is 2.12. The van der Waals surface area contributed by atoms with E-state index in [9.17, 15) is 9.59 Å². The second-order valence-electron chi connectivity index (χ2n) is 2.79. The van der Waals surface area contributed by atoms with Gasteiger partial charge < -0.3 is 15.2 Å². The van der Waals surface area contributed by atoms with Crippen molar-refractivity contribution in [3.05, 3.63) is 0 Å². The second-order valence-corrected chi connectivity index (χ2v) is 2.79. The van der Waals surface area contributed by atoms with Gasteiger partial charge in [0.15, 0.2) is 0 Å². The molecule has 0 atom stereocenters. The first-order valence-electron chi connectivity index (χ1n) is 4.73. The van der Waals surface area contributed by atoms with Crippen molar-refractivity contribution in [2.24, 2.45) is 0 Å². The molecule has 5 nitrogen and oxygen atoms in total. The lowest BCUT2D eigenvalue weighted by Crippen LogP contribution is -2.25. The van der Waals surface area contributed by atoms with Crippen LogP contribution in [0.1, 0.15) is 26.2 Å². The Hall–Kier alpha value is -1.10. The Morgan fingerprint density at radius 3 is 2.64 bits per heavy atom. The van der Waals surface area contributed by atoms with Crippen LogP contribution in [0, 0.1) is 0 Å². The van der Waals surface area contributed by atoms with Gasteiger partial charge in [0.1, 0.15) is 0 Å². The maximum atomic E-state index is 11.0. The lowest BCUT2D eigenvalue weighted by atomic mass is 10.3. The van der Waals surface area contributed by atoms with E-state index in [0.29, 0.717) is 26.1 Å². The van der Waals surface area contributed by atoms with E-state index in [4.69, 9.17) is 9.84 Å². The summed E-state index contributed by atoms with van der Waals surface area (Å²) in [7, 11) is 0. The minimum Gasteiger partial charge on any atom is -0.481 e. The van der Waals surface area contributed by atoms with Crippen LogP contribution < -0.4 is 5.32 Å². The number of carbonyl (C=O) groups is 2. The highest BCUT2D eigenvalue weighted by Crippen LogP contribution is 1.90. The number of rotatable bonds is 8. The van der Waals surface area contributed by atoms with Crippen molar-refractivity contribution < 1.29 is 19.4 Å². The molecule has 0 unspecified atom stereocenters. The van der Waals surface area contributed by atoms with Gasteiger partial charge in [0, 0.05) is 26.2 Å². The van der Waals surface area contributed by atoms with Crippen LogP contribution in [0.5, 0.6) is 0 Å². The number of aliphatic carboxylic acids is 1. The zero-order valence-electron chi connectivity index (χ0n) is 8.41. The van der Waals surface area contributed by atoms with Gasteiger partial charge in [-0.1, -0.05) is 0 Å². The molecule has 0 radical (unpaired) electrons. The Morgan fingerprint density at radius 1 is 1.36 bits per heavy atom. The molecule has 5 heteroatoms. The zero-order chi connectivity index (χ0) is 10.8. The molecule has 0 aliphatic heterocycles. The van der Waals surface area contributed by atoms with Gasteiger partial charge in [-0.3, -0.25) is 9.59 Å². The molecule has 0 aromatic rings. The summed E-state index contributed by atoms with van der Waals surface area (Å²) in [5.74, 6) is -1.02. The Balaban J connectivity index is 3.24. The summed E-state index contributed by atoms with van der Waals surface area (Å²) in [6, 6.07) is 0. The highest BCUT2D eigenvalue weighted by molar-refractivity contribution is 5.76. The smallest absolute Gasteiger partial charge is 0.305 e. The van der Waals surface area contributed by atoms with E-state index in [1.165, 1.54) is 0 Å². The molecule has 0 bridgehead atoms. The Bertz CT molecular complexity index is 182. The van der Waals surface area contributed by atoms with Crippen molar-refractivity contribution in [1.82, 2.24) is 5.32 Å². The summed E-state index contributed by atoms with van der Waals surface area (Å²) in [5.41, 5.74) is 0. The minimum absolute atomic E-state index is 0.0306. The number of hydrogen-bond donors (Lipinski definition) is 2. The Labute approximate surface area is 83.4 Å². The molecule has 0 aromatic carbocycles. The minimum atomic E-state index is -0.903. The fourth-order valence-electron chi connectivity index (χ4n) is 0.876. The fraction of sp³-hybridized carbons (Fsp3) is 0.778. The highest BCUT2D eigenvalue weighted by Gasteiger charge is 2.01. The number of hydrogen-bond acceptors (Lipinski definition) is 3. The summed E-state index contributed by atoms with van der Waals surface area (Å²) in [5, 5.41) is 10.8. The number of nitrogens with one attached hydrogen (secondary N) is 1. The number of carboxylic acid groups (broad SMARTS) is 1. The molecule has 0 aliphatic carbocycles. The molecule has 0 saturated heterocycles. The van der Waals surface area contributed by atoms with Crippen LogP contribution in [0.15, 0.2) is 0 Å². The van der Waals surface area contributed by atoms with Gasteiger partial charge >= 0.3 is 5.97 Å². The predicted octanol–water partition coefficient (Wildman–Crippen LogP) is 0.394. The third-order valence-corrected chi connectivity index (χ3v) is 1.56. The summed E-state index contributed by atoms with van der Waals surface area (Å²) in [6.45, 7) is 3.32. The van der Waals surface area contributed by atoms with Crippen LogP contribution in [-0.4, -0.2) is 36.7 Å². The molecule has 0 rings (SSSR count). The molecular weight excluding hydrogens is 186 g/mol. The van der Waals surface area contributed by atoms with Crippen molar-refractivity contribution in [3.8, 4) is 0 Å². The monoisotopic (exact) mass is 203 g/mol. The quantitative estimate of drug-likeness (QED) is 0.560. The van der Waals surface area contributed by atoms with Crippen molar-refractivity contribution in [1.29, 1.82) is 0 Å². The first kappa shape index (κ1) is 12.9. The molecule has 14 heavy (non-hydrogen) atoms. The van der Waals surface area contributed by atoms with Crippen LogP contribution in [0.2, 0.25) is 0 Å². The fourth-order valence-corrected chi connectivity index (χ4v) is 0.876. The molecule has 0 saturated carbocycles. The van der Waals surface area contributed by atoms with E-state index < -0.39 is 5.97 Å². The van der Waals surface area contributed by atoms with Crippen molar-refractivity contribution in [2.75, 3.05) is 19.8 Å². The van der Waals surface area contributed by atoms with E-state index in [1.54, 1.807) is 0 Å². The topological polar surface area (TPSA) is 75.6 Å². The first-order chi connectivity index (χ1) is 6.66. The SMILES string of the molecule is CCOCCCC(=O)NCCC(=O)O. The summed E-state index contributed by atoms with van der Waals surface area (Å²) in [6.07, 6.45) is 1.03. The molecule has 0 heterocycles.